The number of benzene rings is 2. The minimum Gasteiger partial charge on any atom is -0.378 e. The fourth-order valence-electron chi connectivity index (χ4n) is 3.29. The van der Waals surface area contributed by atoms with Gasteiger partial charge in [0, 0.05) is 24.5 Å². The third kappa shape index (κ3) is 4.96. The maximum absolute atomic E-state index is 5.48. The average Bonchev–Trinajstić information content (AvgIpc) is 2.61. The van der Waals surface area contributed by atoms with Crippen molar-refractivity contribution in [3.63, 3.8) is 0 Å². The Morgan fingerprint density at radius 1 is 1.04 bits per heavy atom. The monoisotopic (exact) mass is 369 g/mol. The predicted octanol–water partition coefficient (Wildman–Crippen LogP) is 4.19. The Balaban J connectivity index is 1.58. The van der Waals surface area contributed by atoms with Crippen molar-refractivity contribution in [2.24, 2.45) is 0 Å². The van der Waals surface area contributed by atoms with Gasteiger partial charge in [-0.3, -0.25) is 0 Å². The summed E-state index contributed by atoms with van der Waals surface area (Å²) in [6.07, 6.45) is 0. The molecule has 1 fully saturated rings. The van der Waals surface area contributed by atoms with Gasteiger partial charge < -0.3 is 20.3 Å². The van der Waals surface area contributed by atoms with E-state index in [1.165, 1.54) is 22.4 Å². The Bertz CT molecular complexity index is 734. The molecule has 0 spiro atoms. The molecule has 2 N–H and O–H groups in total. The largest absolute Gasteiger partial charge is 0.378 e. The van der Waals surface area contributed by atoms with Gasteiger partial charge >= 0.3 is 0 Å². The summed E-state index contributed by atoms with van der Waals surface area (Å²) in [5.41, 5.74) is 5.94. The minimum absolute atomic E-state index is 0.139. The van der Waals surface area contributed by atoms with Crippen molar-refractivity contribution >= 4 is 28.7 Å². The van der Waals surface area contributed by atoms with Gasteiger partial charge in [-0.1, -0.05) is 18.2 Å². The van der Waals surface area contributed by atoms with Crippen LogP contribution in [-0.2, 0) is 4.74 Å². The molecule has 26 heavy (non-hydrogen) atoms. The fourth-order valence-corrected chi connectivity index (χ4v) is 3.58. The molecule has 0 radical (unpaired) electrons. The second-order valence-corrected chi connectivity index (χ2v) is 7.30. The molecular formula is C21H27N3OS. The zero-order valence-corrected chi connectivity index (χ0v) is 16.5. The number of morpholine rings is 1. The Morgan fingerprint density at radius 2 is 1.65 bits per heavy atom. The first-order chi connectivity index (χ1) is 12.5. The van der Waals surface area contributed by atoms with Crippen molar-refractivity contribution < 1.29 is 4.74 Å². The maximum atomic E-state index is 5.48. The van der Waals surface area contributed by atoms with Crippen LogP contribution in [0, 0.1) is 13.8 Å². The van der Waals surface area contributed by atoms with E-state index in [0.717, 1.165) is 32.0 Å². The highest BCUT2D eigenvalue weighted by atomic mass is 32.1. The number of anilines is 2. The SMILES string of the molecule is Cc1cc(C)cc(NC(=S)N[C@@H](C)c2ccc(N3CCOCC3)cc2)c1. The van der Waals surface area contributed by atoms with Crippen molar-refractivity contribution in [1.82, 2.24) is 5.32 Å². The topological polar surface area (TPSA) is 36.5 Å². The van der Waals surface area contributed by atoms with Gasteiger partial charge in [0.25, 0.3) is 0 Å². The van der Waals surface area contributed by atoms with Crippen molar-refractivity contribution in [2.75, 3.05) is 36.5 Å². The molecule has 4 nitrogen and oxygen atoms in total. The summed E-state index contributed by atoms with van der Waals surface area (Å²) in [5.74, 6) is 0. The van der Waals surface area contributed by atoms with Crippen LogP contribution in [0.1, 0.15) is 29.7 Å². The third-order valence-corrected chi connectivity index (χ3v) is 4.82. The Kier molecular flexibility index (Phi) is 6.12. The Labute approximate surface area is 161 Å². The van der Waals surface area contributed by atoms with E-state index >= 15 is 0 Å². The van der Waals surface area contributed by atoms with Crippen LogP contribution in [-0.4, -0.2) is 31.4 Å². The number of hydrogen-bond acceptors (Lipinski definition) is 3. The molecule has 1 atom stereocenters. The molecule has 1 heterocycles. The maximum Gasteiger partial charge on any atom is 0.171 e. The molecule has 5 heteroatoms. The van der Waals surface area contributed by atoms with Crippen molar-refractivity contribution in [3.05, 3.63) is 59.2 Å². The molecule has 138 valence electrons. The molecule has 3 rings (SSSR count). The summed E-state index contributed by atoms with van der Waals surface area (Å²) in [7, 11) is 0. The molecule has 1 aliphatic heterocycles. The van der Waals surface area contributed by atoms with E-state index < -0.39 is 0 Å². The lowest BCUT2D eigenvalue weighted by atomic mass is 10.1. The molecule has 0 aliphatic carbocycles. The number of ether oxygens (including phenoxy) is 1. The van der Waals surface area contributed by atoms with E-state index in [4.69, 9.17) is 17.0 Å². The number of nitrogens with zero attached hydrogens (tertiary/aromatic N) is 1. The third-order valence-electron chi connectivity index (χ3n) is 4.60. The molecule has 1 saturated heterocycles. The van der Waals surface area contributed by atoms with E-state index in [1.807, 2.05) is 0 Å². The van der Waals surface area contributed by atoms with E-state index in [9.17, 15) is 0 Å². The van der Waals surface area contributed by atoms with Gasteiger partial charge in [0.15, 0.2) is 5.11 Å². The lowest BCUT2D eigenvalue weighted by Crippen LogP contribution is -2.36. The van der Waals surface area contributed by atoms with Gasteiger partial charge in [0.2, 0.25) is 0 Å². The first-order valence-corrected chi connectivity index (χ1v) is 9.50. The van der Waals surface area contributed by atoms with E-state index in [0.29, 0.717) is 5.11 Å². The molecule has 0 amide bonds. The molecule has 0 aromatic heterocycles. The van der Waals surface area contributed by atoms with Crippen LogP contribution in [0.15, 0.2) is 42.5 Å². The Hall–Kier alpha value is -2.11. The van der Waals surface area contributed by atoms with Crippen LogP contribution >= 0.6 is 12.2 Å². The standard InChI is InChI=1S/C21H27N3OS/c1-15-12-16(2)14-19(13-15)23-21(26)22-17(3)18-4-6-20(7-5-18)24-8-10-25-11-9-24/h4-7,12-14,17H,8-11H2,1-3H3,(H2,22,23,26)/t17-/m0/s1. The van der Waals surface area contributed by atoms with E-state index in [-0.39, 0.29) is 6.04 Å². The van der Waals surface area contributed by atoms with E-state index in [2.05, 4.69) is 78.8 Å². The Morgan fingerprint density at radius 3 is 2.27 bits per heavy atom. The molecule has 2 aromatic carbocycles. The van der Waals surface area contributed by atoms with Gasteiger partial charge in [0.1, 0.15) is 0 Å². The lowest BCUT2D eigenvalue weighted by molar-refractivity contribution is 0.122. The zero-order chi connectivity index (χ0) is 18.5. The number of aryl methyl sites for hydroxylation is 2. The molecule has 1 aliphatic rings. The van der Waals surface area contributed by atoms with Gasteiger partial charge in [-0.05, 0) is 73.9 Å². The first-order valence-electron chi connectivity index (χ1n) is 9.10. The smallest absolute Gasteiger partial charge is 0.171 e. The molecule has 0 bridgehead atoms. The number of nitrogens with one attached hydrogen (secondary N) is 2. The molecular weight excluding hydrogens is 342 g/mol. The number of thiocarbonyl (C=S) groups is 1. The van der Waals surface area contributed by atoms with Crippen LogP contribution in [0.4, 0.5) is 11.4 Å². The molecule has 0 unspecified atom stereocenters. The quantitative estimate of drug-likeness (QED) is 0.791. The average molecular weight is 370 g/mol. The summed E-state index contributed by atoms with van der Waals surface area (Å²) in [6.45, 7) is 9.82. The van der Waals surface area contributed by atoms with Crippen LogP contribution in [0.25, 0.3) is 0 Å². The highest BCUT2D eigenvalue weighted by Gasteiger charge is 2.12. The second kappa shape index (κ2) is 8.52. The molecule has 2 aromatic rings. The zero-order valence-electron chi connectivity index (χ0n) is 15.7. The molecule has 0 saturated carbocycles. The summed E-state index contributed by atoms with van der Waals surface area (Å²) in [5, 5.41) is 7.29. The summed E-state index contributed by atoms with van der Waals surface area (Å²) in [6, 6.07) is 15.2. The van der Waals surface area contributed by atoms with Gasteiger partial charge in [-0.15, -0.1) is 0 Å². The number of rotatable bonds is 4. The lowest BCUT2D eigenvalue weighted by Gasteiger charge is -2.29. The summed E-state index contributed by atoms with van der Waals surface area (Å²) in [4.78, 5) is 2.36. The highest BCUT2D eigenvalue weighted by molar-refractivity contribution is 7.80. The summed E-state index contributed by atoms with van der Waals surface area (Å²) < 4.78 is 5.42. The predicted molar refractivity (Wildman–Crippen MR) is 113 cm³/mol. The van der Waals surface area contributed by atoms with Gasteiger partial charge in [-0.25, -0.2) is 0 Å². The highest BCUT2D eigenvalue weighted by Crippen LogP contribution is 2.20. The van der Waals surface area contributed by atoms with Crippen LogP contribution in [0.3, 0.4) is 0 Å². The van der Waals surface area contributed by atoms with Gasteiger partial charge in [-0.2, -0.15) is 0 Å². The number of hydrogen-bond donors (Lipinski definition) is 2. The summed E-state index contributed by atoms with van der Waals surface area (Å²) >= 11 is 5.48. The normalized spacial score (nSPS) is 15.4. The minimum atomic E-state index is 0.139. The van der Waals surface area contributed by atoms with Crippen molar-refractivity contribution in [2.45, 2.75) is 26.8 Å². The van der Waals surface area contributed by atoms with E-state index in [1.54, 1.807) is 0 Å². The van der Waals surface area contributed by atoms with Gasteiger partial charge in [0.05, 0.1) is 19.3 Å². The second-order valence-electron chi connectivity index (χ2n) is 6.89. The van der Waals surface area contributed by atoms with Crippen molar-refractivity contribution in [3.8, 4) is 0 Å². The van der Waals surface area contributed by atoms with Crippen molar-refractivity contribution in [1.29, 1.82) is 0 Å². The fraction of sp³-hybridized carbons (Fsp3) is 0.381. The van der Waals surface area contributed by atoms with Crippen LogP contribution < -0.4 is 15.5 Å². The van der Waals surface area contributed by atoms with Crippen LogP contribution in [0.2, 0.25) is 0 Å². The van der Waals surface area contributed by atoms with Crippen LogP contribution in [0.5, 0.6) is 0 Å². The first kappa shape index (κ1) is 18.7.